The summed E-state index contributed by atoms with van der Waals surface area (Å²) in [5.74, 6) is 0.347. The molecule has 1 unspecified atom stereocenters. The van der Waals surface area contributed by atoms with Crippen LogP contribution in [0.1, 0.15) is 69.2 Å². The highest BCUT2D eigenvalue weighted by Crippen LogP contribution is 2.56. The number of phenols is 1. The standard InChI is InChI=1S/C30H37N2O8/c1-29(2)11-16(12-30(3,4)32(29)35)31-26-18-10-21-20(39-14-40-21)9-17(18)24(25-19(26)13-38-28(25)34)15-7-22(36-5)27(33)23(8-15)37-6/h7-10,16,19,24-26,31,33H,11-14H2,1-6H3/t19?,24-,25+,26-/m1/s1. The summed E-state index contributed by atoms with van der Waals surface area (Å²) in [6.07, 6.45) is 1.33. The van der Waals surface area contributed by atoms with Crippen molar-refractivity contribution in [3.8, 4) is 28.7 Å². The molecule has 1 radical (unpaired) electrons. The van der Waals surface area contributed by atoms with Gasteiger partial charge in [0.2, 0.25) is 12.5 Å². The third-order valence-corrected chi connectivity index (χ3v) is 9.06. The topological polar surface area (TPSA) is 119 Å². The quantitative estimate of drug-likeness (QED) is 0.528. The van der Waals surface area contributed by atoms with Crippen molar-refractivity contribution in [2.75, 3.05) is 27.6 Å². The van der Waals surface area contributed by atoms with Gasteiger partial charge >= 0.3 is 5.97 Å². The highest BCUT2D eigenvalue weighted by atomic mass is 16.7. The van der Waals surface area contributed by atoms with Crippen molar-refractivity contribution in [1.29, 1.82) is 0 Å². The fourth-order valence-corrected chi connectivity index (χ4v) is 7.50. The number of phenolic OH excluding ortho intramolecular Hbond substituents is 1. The Labute approximate surface area is 234 Å². The normalized spacial score (nSPS) is 28.5. The largest absolute Gasteiger partial charge is 0.502 e. The van der Waals surface area contributed by atoms with Crippen LogP contribution in [-0.4, -0.2) is 60.9 Å². The molecular weight excluding hydrogens is 516 g/mol. The van der Waals surface area contributed by atoms with E-state index < -0.39 is 22.9 Å². The molecule has 0 spiro atoms. The predicted molar refractivity (Wildman–Crippen MR) is 143 cm³/mol. The molecule has 3 aliphatic heterocycles. The lowest BCUT2D eigenvalue weighted by Gasteiger charge is -2.51. The Hall–Kier alpha value is -3.21. The number of rotatable bonds is 5. The maximum atomic E-state index is 13.4. The van der Waals surface area contributed by atoms with Gasteiger partial charge in [0.1, 0.15) is 0 Å². The summed E-state index contributed by atoms with van der Waals surface area (Å²) < 4.78 is 28.2. The fraction of sp³-hybridized carbons (Fsp3) is 0.567. The molecule has 10 nitrogen and oxygen atoms in total. The van der Waals surface area contributed by atoms with Gasteiger partial charge < -0.3 is 34.1 Å². The minimum absolute atomic E-state index is 0.0419. The zero-order valence-corrected chi connectivity index (χ0v) is 23.8. The summed E-state index contributed by atoms with van der Waals surface area (Å²) in [5, 5.41) is 28.7. The van der Waals surface area contributed by atoms with Crippen LogP contribution in [0.3, 0.4) is 0 Å². The van der Waals surface area contributed by atoms with Crippen LogP contribution in [0.5, 0.6) is 28.7 Å². The highest BCUT2D eigenvalue weighted by molar-refractivity contribution is 5.79. The van der Waals surface area contributed by atoms with E-state index in [0.29, 0.717) is 24.3 Å². The lowest BCUT2D eigenvalue weighted by atomic mass is 9.65. The number of fused-ring (bicyclic) bond motifs is 3. The fourth-order valence-electron chi connectivity index (χ4n) is 7.50. The van der Waals surface area contributed by atoms with Crippen LogP contribution in [0, 0.1) is 11.8 Å². The van der Waals surface area contributed by atoms with E-state index in [1.807, 2.05) is 39.8 Å². The third kappa shape index (κ3) is 4.15. The second kappa shape index (κ2) is 9.43. The minimum Gasteiger partial charge on any atom is -0.502 e. The summed E-state index contributed by atoms with van der Waals surface area (Å²) in [4.78, 5) is 13.4. The smallest absolute Gasteiger partial charge is 0.310 e. The van der Waals surface area contributed by atoms with E-state index in [9.17, 15) is 15.1 Å². The van der Waals surface area contributed by atoms with Gasteiger partial charge in [0.05, 0.1) is 26.7 Å². The minimum atomic E-state index is -0.547. The van der Waals surface area contributed by atoms with Crippen molar-refractivity contribution >= 4 is 5.97 Å². The van der Waals surface area contributed by atoms with E-state index in [2.05, 4.69) is 5.32 Å². The van der Waals surface area contributed by atoms with Crippen LogP contribution >= 0.6 is 0 Å². The molecule has 3 heterocycles. The van der Waals surface area contributed by atoms with Gasteiger partial charge in [-0.15, -0.1) is 10.3 Å². The van der Waals surface area contributed by atoms with Crippen molar-refractivity contribution in [2.24, 2.45) is 11.8 Å². The Morgan fingerprint density at radius 3 is 2.08 bits per heavy atom. The van der Waals surface area contributed by atoms with Crippen LogP contribution < -0.4 is 24.3 Å². The second-order valence-corrected chi connectivity index (χ2v) is 12.6. The van der Waals surface area contributed by atoms with Gasteiger partial charge in [-0.25, -0.2) is 0 Å². The van der Waals surface area contributed by atoms with Crippen LogP contribution in [0.4, 0.5) is 0 Å². The van der Waals surface area contributed by atoms with E-state index >= 15 is 0 Å². The molecule has 0 bridgehead atoms. The maximum absolute atomic E-state index is 13.4. The summed E-state index contributed by atoms with van der Waals surface area (Å²) in [7, 11) is 2.96. The van der Waals surface area contributed by atoms with Crippen LogP contribution in [-0.2, 0) is 14.7 Å². The van der Waals surface area contributed by atoms with Crippen molar-refractivity contribution in [1.82, 2.24) is 10.4 Å². The molecule has 4 atom stereocenters. The number of cyclic esters (lactones) is 1. The molecule has 215 valence electrons. The number of hydrogen-bond donors (Lipinski definition) is 2. The molecule has 40 heavy (non-hydrogen) atoms. The van der Waals surface area contributed by atoms with E-state index in [4.69, 9.17) is 23.7 Å². The van der Waals surface area contributed by atoms with Gasteiger partial charge in [-0.3, -0.25) is 4.79 Å². The molecule has 2 aromatic rings. The number of nitrogens with zero attached hydrogens (tertiary/aromatic N) is 1. The van der Waals surface area contributed by atoms with E-state index in [0.717, 1.165) is 16.7 Å². The predicted octanol–water partition coefficient (Wildman–Crippen LogP) is 4.07. The van der Waals surface area contributed by atoms with Gasteiger partial charge in [0.25, 0.3) is 0 Å². The first-order chi connectivity index (χ1) is 18.9. The van der Waals surface area contributed by atoms with Gasteiger partial charge in [0, 0.05) is 35.0 Å². The lowest BCUT2D eigenvalue weighted by molar-refractivity contribution is -0.290. The van der Waals surface area contributed by atoms with Crippen molar-refractivity contribution in [3.05, 3.63) is 41.0 Å². The third-order valence-electron chi connectivity index (χ3n) is 9.06. The summed E-state index contributed by atoms with van der Waals surface area (Å²) >= 11 is 0. The molecule has 2 saturated heterocycles. The van der Waals surface area contributed by atoms with E-state index in [1.54, 1.807) is 12.1 Å². The Balaban J connectivity index is 1.49. The van der Waals surface area contributed by atoms with E-state index in [1.165, 1.54) is 19.3 Å². The number of carbonyl (C=O) groups is 1. The number of hydrogen-bond acceptors (Lipinski definition) is 9. The van der Waals surface area contributed by atoms with Crippen molar-refractivity contribution < 1.29 is 38.8 Å². The number of ether oxygens (including phenoxy) is 5. The molecule has 0 amide bonds. The first-order valence-corrected chi connectivity index (χ1v) is 13.7. The highest BCUT2D eigenvalue weighted by Gasteiger charge is 2.54. The molecule has 0 aromatic heterocycles. The molecule has 2 aromatic carbocycles. The molecule has 10 heteroatoms. The Bertz CT molecular complexity index is 1300. The SMILES string of the molecule is COc1cc([C@@H]2c3cc4c(cc3[C@@H](NC3CC(C)(C)N([O])C(C)(C)C3)C3COC(=O)[C@@H]32)OCO4)cc(OC)c1O. The van der Waals surface area contributed by atoms with Gasteiger partial charge in [0.15, 0.2) is 23.0 Å². The Kier molecular flexibility index (Phi) is 6.36. The number of nitrogens with one attached hydrogen (secondary N) is 1. The number of esters is 1. The number of benzene rings is 2. The summed E-state index contributed by atoms with van der Waals surface area (Å²) in [6.45, 7) is 8.32. The molecular formula is C30H37N2O8. The van der Waals surface area contributed by atoms with Gasteiger partial charge in [-0.05, 0) is 81.5 Å². The lowest BCUT2D eigenvalue weighted by Crippen LogP contribution is -2.62. The molecule has 2 N–H and O–H groups in total. The van der Waals surface area contributed by atoms with Gasteiger partial charge in [-0.1, -0.05) is 0 Å². The van der Waals surface area contributed by atoms with Crippen LogP contribution in [0.2, 0.25) is 0 Å². The number of piperidine rings is 1. The number of aromatic hydroxyl groups is 1. The van der Waals surface area contributed by atoms with Crippen LogP contribution in [0.25, 0.3) is 0 Å². The van der Waals surface area contributed by atoms with Crippen LogP contribution in [0.15, 0.2) is 24.3 Å². The summed E-state index contributed by atoms with van der Waals surface area (Å²) in [5.41, 5.74) is 1.58. The first-order valence-electron chi connectivity index (χ1n) is 13.7. The zero-order chi connectivity index (χ0) is 28.6. The summed E-state index contributed by atoms with van der Waals surface area (Å²) in [6, 6.07) is 7.30. The average molecular weight is 554 g/mol. The number of hydroxylamine groups is 2. The molecule has 4 aliphatic rings. The molecule has 0 saturated carbocycles. The van der Waals surface area contributed by atoms with E-state index in [-0.39, 0.29) is 54.6 Å². The average Bonchev–Trinajstić information content (AvgIpc) is 3.52. The first kappa shape index (κ1) is 27.0. The maximum Gasteiger partial charge on any atom is 0.310 e. The van der Waals surface area contributed by atoms with Gasteiger partial charge in [-0.2, -0.15) is 0 Å². The van der Waals surface area contributed by atoms with Crippen molar-refractivity contribution in [2.45, 2.75) is 69.6 Å². The van der Waals surface area contributed by atoms with Crippen molar-refractivity contribution in [3.63, 3.8) is 0 Å². The second-order valence-electron chi connectivity index (χ2n) is 12.6. The number of methoxy groups -OCH3 is 2. The monoisotopic (exact) mass is 553 g/mol. The zero-order valence-electron chi connectivity index (χ0n) is 23.8. The molecule has 6 rings (SSSR count). The Morgan fingerprint density at radius 2 is 1.50 bits per heavy atom. The molecule has 2 fully saturated rings. The molecule has 1 aliphatic carbocycles. The Morgan fingerprint density at radius 1 is 0.925 bits per heavy atom. The number of carbonyl (C=O) groups excluding carboxylic acids is 1.